The molecule has 1 aromatic rings. The topological polar surface area (TPSA) is 90.8 Å². The molecule has 0 saturated carbocycles. The fraction of sp³-hybridized carbons (Fsp3) is 0.625. The highest BCUT2D eigenvalue weighted by Crippen LogP contribution is 2.12. The molecule has 9 heteroatoms. The molecular weight excluding hydrogens is 324 g/mol. The Labute approximate surface area is 147 Å². The second-order valence-electron chi connectivity index (χ2n) is 6.27. The van der Waals surface area contributed by atoms with Gasteiger partial charge in [0.05, 0.1) is 6.54 Å². The SMILES string of the molecule is CC(C(=O)N1CCCN(C(=O)CNC(=O)N(C)C)CC1)n1cccn1. The van der Waals surface area contributed by atoms with Crippen molar-refractivity contribution in [1.29, 1.82) is 0 Å². The first-order valence-electron chi connectivity index (χ1n) is 8.41. The fourth-order valence-corrected chi connectivity index (χ4v) is 2.70. The van der Waals surface area contributed by atoms with Gasteiger partial charge in [0.15, 0.2) is 0 Å². The van der Waals surface area contributed by atoms with Crippen LogP contribution >= 0.6 is 0 Å². The molecule has 9 nitrogen and oxygen atoms in total. The van der Waals surface area contributed by atoms with Gasteiger partial charge in [-0.05, 0) is 19.4 Å². The standard InChI is InChI=1S/C16H26N6O3/c1-13(22-9-4-6-18-22)15(24)21-8-5-7-20(10-11-21)14(23)12-17-16(25)19(2)3/h4,6,9,13H,5,7-8,10-12H2,1-3H3,(H,17,25). The number of hydrogen-bond acceptors (Lipinski definition) is 4. The van der Waals surface area contributed by atoms with E-state index in [4.69, 9.17) is 0 Å². The second kappa shape index (κ2) is 8.50. The Kier molecular flexibility index (Phi) is 6.37. The van der Waals surface area contributed by atoms with Crippen LogP contribution in [0.25, 0.3) is 0 Å². The van der Waals surface area contributed by atoms with Crippen molar-refractivity contribution in [2.45, 2.75) is 19.4 Å². The van der Waals surface area contributed by atoms with Crippen LogP contribution in [0.4, 0.5) is 4.79 Å². The van der Waals surface area contributed by atoms with Crippen molar-refractivity contribution in [3.63, 3.8) is 0 Å². The molecule has 0 radical (unpaired) electrons. The number of aromatic nitrogens is 2. The lowest BCUT2D eigenvalue weighted by Crippen LogP contribution is -2.45. The number of urea groups is 1. The first-order valence-corrected chi connectivity index (χ1v) is 8.41. The number of hydrogen-bond donors (Lipinski definition) is 1. The zero-order chi connectivity index (χ0) is 18.4. The summed E-state index contributed by atoms with van der Waals surface area (Å²) >= 11 is 0. The van der Waals surface area contributed by atoms with Crippen molar-refractivity contribution < 1.29 is 14.4 Å². The smallest absolute Gasteiger partial charge is 0.317 e. The molecule has 138 valence electrons. The van der Waals surface area contributed by atoms with E-state index in [1.807, 2.05) is 6.92 Å². The van der Waals surface area contributed by atoms with Gasteiger partial charge in [-0.3, -0.25) is 14.3 Å². The van der Waals surface area contributed by atoms with E-state index in [0.29, 0.717) is 32.6 Å². The van der Waals surface area contributed by atoms with E-state index in [2.05, 4.69) is 10.4 Å². The number of nitrogens with zero attached hydrogens (tertiary/aromatic N) is 5. The Morgan fingerprint density at radius 1 is 1.16 bits per heavy atom. The quantitative estimate of drug-likeness (QED) is 0.813. The molecule has 0 aromatic carbocycles. The van der Waals surface area contributed by atoms with Crippen LogP contribution in [0.2, 0.25) is 0 Å². The number of carbonyl (C=O) groups excluding carboxylic acids is 3. The van der Waals surface area contributed by atoms with Gasteiger partial charge in [0.1, 0.15) is 6.04 Å². The van der Waals surface area contributed by atoms with Crippen LogP contribution < -0.4 is 5.32 Å². The minimum Gasteiger partial charge on any atom is -0.339 e. The molecule has 1 N–H and O–H groups in total. The minimum absolute atomic E-state index is 0.00101. The molecule has 2 rings (SSSR count). The summed E-state index contributed by atoms with van der Waals surface area (Å²) in [6, 6.07) is 1.12. The number of amides is 4. The summed E-state index contributed by atoms with van der Waals surface area (Å²) < 4.78 is 1.63. The molecule has 1 saturated heterocycles. The maximum Gasteiger partial charge on any atom is 0.317 e. The van der Waals surface area contributed by atoms with Crippen LogP contribution in [0.3, 0.4) is 0 Å². The van der Waals surface area contributed by atoms with Gasteiger partial charge in [0.25, 0.3) is 0 Å². The predicted octanol–water partition coefficient (Wildman–Crippen LogP) is -0.224. The van der Waals surface area contributed by atoms with Gasteiger partial charge >= 0.3 is 6.03 Å². The maximum absolute atomic E-state index is 12.6. The van der Waals surface area contributed by atoms with Crippen molar-refractivity contribution in [3.05, 3.63) is 18.5 Å². The third-order valence-electron chi connectivity index (χ3n) is 4.24. The third kappa shape index (κ3) is 4.94. The highest BCUT2D eigenvalue weighted by molar-refractivity contribution is 5.84. The number of rotatable bonds is 4. The Morgan fingerprint density at radius 2 is 1.84 bits per heavy atom. The van der Waals surface area contributed by atoms with Crippen molar-refractivity contribution in [3.8, 4) is 0 Å². The van der Waals surface area contributed by atoms with E-state index >= 15 is 0 Å². The lowest BCUT2D eigenvalue weighted by atomic mass is 10.2. The van der Waals surface area contributed by atoms with Crippen LogP contribution in [-0.2, 0) is 9.59 Å². The fourth-order valence-electron chi connectivity index (χ4n) is 2.70. The van der Waals surface area contributed by atoms with Crippen LogP contribution in [0, 0.1) is 0 Å². The van der Waals surface area contributed by atoms with Gasteiger partial charge in [-0.25, -0.2) is 4.79 Å². The van der Waals surface area contributed by atoms with Crippen molar-refractivity contribution in [2.75, 3.05) is 46.8 Å². The normalized spacial score (nSPS) is 16.1. The summed E-state index contributed by atoms with van der Waals surface area (Å²) in [7, 11) is 3.24. The Balaban J connectivity index is 1.86. The van der Waals surface area contributed by atoms with Gasteiger partial charge in [0.2, 0.25) is 11.8 Å². The van der Waals surface area contributed by atoms with Gasteiger partial charge < -0.3 is 20.0 Å². The van der Waals surface area contributed by atoms with Crippen LogP contribution in [0.1, 0.15) is 19.4 Å². The van der Waals surface area contributed by atoms with Crippen molar-refractivity contribution >= 4 is 17.8 Å². The molecule has 0 bridgehead atoms. The van der Waals surface area contributed by atoms with E-state index < -0.39 is 0 Å². The van der Waals surface area contributed by atoms with E-state index in [1.165, 1.54) is 4.90 Å². The first-order chi connectivity index (χ1) is 11.9. The highest BCUT2D eigenvalue weighted by atomic mass is 16.2. The van der Waals surface area contributed by atoms with E-state index in [9.17, 15) is 14.4 Å². The summed E-state index contributed by atoms with van der Waals surface area (Å²) in [6.07, 6.45) is 4.13. The van der Waals surface area contributed by atoms with Gasteiger partial charge in [-0.1, -0.05) is 0 Å². The largest absolute Gasteiger partial charge is 0.339 e. The van der Waals surface area contributed by atoms with Gasteiger partial charge in [-0.15, -0.1) is 0 Å². The molecule has 1 unspecified atom stereocenters. The first kappa shape index (κ1) is 18.8. The molecule has 2 heterocycles. The summed E-state index contributed by atoms with van der Waals surface area (Å²) in [5.41, 5.74) is 0. The monoisotopic (exact) mass is 350 g/mol. The lowest BCUT2D eigenvalue weighted by molar-refractivity contribution is -0.135. The molecule has 1 atom stereocenters. The Hall–Kier alpha value is -2.58. The molecule has 1 fully saturated rings. The molecule has 0 aliphatic carbocycles. The lowest BCUT2D eigenvalue weighted by Gasteiger charge is -2.25. The summed E-state index contributed by atoms with van der Waals surface area (Å²) in [4.78, 5) is 41.2. The average molecular weight is 350 g/mol. The Bertz CT molecular complexity index is 601. The van der Waals surface area contributed by atoms with Crippen molar-refractivity contribution in [2.24, 2.45) is 0 Å². The van der Waals surface area contributed by atoms with Gasteiger partial charge in [0, 0.05) is 52.7 Å². The third-order valence-corrected chi connectivity index (χ3v) is 4.24. The summed E-state index contributed by atoms with van der Waals surface area (Å²) in [5, 5.41) is 6.69. The number of carbonyl (C=O) groups is 3. The molecule has 1 aliphatic rings. The zero-order valence-electron chi connectivity index (χ0n) is 15.0. The van der Waals surface area contributed by atoms with E-state index in [-0.39, 0.29) is 30.4 Å². The van der Waals surface area contributed by atoms with Crippen LogP contribution in [0.15, 0.2) is 18.5 Å². The summed E-state index contributed by atoms with van der Waals surface area (Å²) in [5.74, 6) is -0.136. The summed E-state index contributed by atoms with van der Waals surface area (Å²) in [6.45, 7) is 3.93. The second-order valence-corrected chi connectivity index (χ2v) is 6.27. The van der Waals surface area contributed by atoms with E-state index in [1.54, 1.807) is 47.0 Å². The minimum atomic E-state index is -0.364. The maximum atomic E-state index is 12.6. The van der Waals surface area contributed by atoms with E-state index in [0.717, 1.165) is 0 Å². The average Bonchev–Trinajstić information content (AvgIpc) is 3.02. The highest BCUT2D eigenvalue weighted by Gasteiger charge is 2.26. The molecule has 4 amide bonds. The van der Waals surface area contributed by atoms with Crippen LogP contribution in [0.5, 0.6) is 0 Å². The van der Waals surface area contributed by atoms with Gasteiger partial charge in [-0.2, -0.15) is 5.10 Å². The van der Waals surface area contributed by atoms with Crippen LogP contribution in [-0.4, -0.2) is 89.1 Å². The molecule has 25 heavy (non-hydrogen) atoms. The predicted molar refractivity (Wildman–Crippen MR) is 91.8 cm³/mol. The molecular formula is C16H26N6O3. The van der Waals surface area contributed by atoms with Crippen molar-refractivity contribution in [1.82, 2.24) is 29.8 Å². The zero-order valence-corrected chi connectivity index (χ0v) is 15.0. The molecule has 1 aliphatic heterocycles. The molecule has 1 aromatic heterocycles. The Morgan fingerprint density at radius 3 is 2.48 bits per heavy atom. The number of nitrogens with one attached hydrogen (secondary N) is 1. The molecule has 0 spiro atoms.